The number of benzene rings is 1. The maximum Gasteiger partial charge on any atom is 0.0992 e. The molecule has 0 bridgehead atoms. The van der Waals surface area contributed by atoms with Crippen molar-refractivity contribution >= 4 is 11.4 Å². The number of nitrogens with two attached hydrogens (primary N) is 1. The van der Waals surface area contributed by atoms with E-state index >= 15 is 0 Å². The first-order valence-electron chi connectivity index (χ1n) is 6.59. The number of hydrogen-bond acceptors (Lipinski definition) is 3. The fourth-order valence-electron chi connectivity index (χ4n) is 2.90. The fourth-order valence-corrected chi connectivity index (χ4v) is 2.90. The number of rotatable bonds is 1. The van der Waals surface area contributed by atoms with Gasteiger partial charge in [0.1, 0.15) is 0 Å². The normalized spacial score (nSPS) is 27.9. The number of anilines is 2. The van der Waals surface area contributed by atoms with Gasteiger partial charge >= 0.3 is 0 Å². The van der Waals surface area contributed by atoms with E-state index in [9.17, 15) is 0 Å². The van der Waals surface area contributed by atoms with Crippen LogP contribution in [0.5, 0.6) is 0 Å². The molecule has 1 aliphatic heterocycles. The van der Waals surface area contributed by atoms with Crippen LogP contribution in [-0.2, 0) is 0 Å². The van der Waals surface area contributed by atoms with E-state index in [0.29, 0.717) is 23.4 Å². The molecule has 1 aromatic rings. The molecule has 1 heterocycles. The molecule has 3 atom stereocenters. The summed E-state index contributed by atoms with van der Waals surface area (Å²) < 4.78 is 0. The summed E-state index contributed by atoms with van der Waals surface area (Å²) in [6, 6.07) is 8.19. The maximum atomic E-state index is 9.01. The average Bonchev–Trinajstić information content (AvgIpc) is 2.34. The molecule has 1 saturated heterocycles. The van der Waals surface area contributed by atoms with E-state index in [-0.39, 0.29) is 0 Å². The average molecular weight is 243 g/mol. The first kappa shape index (κ1) is 12.8. The summed E-state index contributed by atoms with van der Waals surface area (Å²) >= 11 is 0. The number of piperidine rings is 1. The third kappa shape index (κ3) is 2.28. The molecule has 1 fully saturated rings. The molecular formula is C15H21N3. The van der Waals surface area contributed by atoms with Gasteiger partial charge in [-0.05, 0) is 43.4 Å². The molecule has 1 aromatic carbocycles. The summed E-state index contributed by atoms with van der Waals surface area (Å²) in [5, 5.41) is 9.01. The number of nitriles is 1. The Bertz CT molecular complexity index is 475. The van der Waals surface area contributed by atoms with Crippen LogP contribution in [0.4, 0.5) is 11.4 Å². The van der Waals surface area contributed by atoms with E-state index in [2.05, 4.69) is 31.7 Å². The molecule has 0 spiro atoms. The van der Waals surface area contributed by atoms with E-state index < -0.39 is 0 Å². The Hall–Kier alpha value is -1.69. The summed E-state index contributed by atoms with van der Waals surface area (Å²) in [6.45, 7) is 7.83. The Morgan fingerprint density at radius 1 is 1.33 bits per heavy atom. The minimum Gasteiger partial charge on any atom is -0.397 e. The second-order valence-electron chi connectivity index (χ2n) is 5.60. The van der Waals surface area contributed by atoms with Gasteiger partial charge in [-0.3, -0.25) is 0 Å². The second-order valence-corrected chi connectivity index (χ2v) is 5.60. The van der Waals surface area contributed by atoms with Crippen LogP contribution in [0.1, 0.15) is 32.8 Å². The highest BCUT2D eigenvalue weighted by molar-refractivity contribution is 5.70. The van der Waals surface area contributed by atoms with E-state index in [1.807, 2.05) is 12.1 Å². The largest absolute Gasteiger partial charge is 0.397 e. The topological polar surface area (TPSA) is 53.0 Å². The Morgan fingerprint density at radius 3 is 2.72 bits per heavy atom. The van der Waals surface area contributed by atoms with Crippen LogP contribution in [0.15, 0.2) is 18.2 Å². The first-order chi connectivity index (χ1) is 8.52. The quantitative estimate of drug-likeness (QED) is 0.771. The van der Waals surface area contributed by atoms with Crippen LogP contribution in [-0.4, -0.2) is 12.6 Å². The highest BCUT2D eigenvalue weighted by atomic mass is 15.2. The zero-order valence-electron chi connectivity index (χ0n) is 11.4. The van der Waals surface area contributed by atoms with Gasteiger partial charge in [0, 0.05) is 12.6 Å². The van der Waals surface area contributed by atoms with Crippen LogP contribution >= 0.6 is 0 Å². The van der Waals surface area contributed by atoms with Gasteiger partial charge in [0.05, 0.1) is 23.0 Å². The van der Waals surface area contributed by atoms with Crippen LogP contribution in [0.2, 0.25) is 0 Å². The van der Waals surface area contributed by atoms with Gasteiger partial charge in [-0.25, -0.2) is 0 Å². The van der Waals surface area contributed by atoms with E-state index in [1.165, 1.54) is 6.42 Å². The predicted octanol–water partition coefficient (Wildman–Crippen LogP) is 3.01. The van der Waals surface area contributed by atoms with Crippen molar-refractivity contribution in [1.29, 1.82) is 5.26 Å². The van der Waals surface area contributed by atoms with Crippen molar-refractivity contribution in [3.8, 4) is 6.07 Å². The smallest absolute Gasteiger partial charge is 0.0992 e. The van der Waals surface area contributed by atoms with Gasteiger partial charge in [0.25, 0.3) is 0 Å². The predicted molar refractivity (Wildman–Crippen MR) is 75.3 cm³/mol. The van der Waals surface area contributed by atoms with Crippen LogP contribution in [0, 0.1) is 23.2 Å². The summed E-state index contributed by atoms with van der Waals surface area (Å²) in [5.41, 5.74) is 8.53. The standard InChI is InChI=1S/C15H21N3/c1-10-6-11(2)12(3)18(9-10)15-7-13(8-16)4-5-14(15)17/h4-5,7,10-12H,6,9,17H2,1-3H3. The zero-order valence-corrected chi connectivity index (χ0v) is 11.4. The van der Waals surface area contributed by atoms with Crippen molar-refractivity contribution in [2.24, 2.45) is 11.8 Å². The molecule has 1 aliphatic rings. The van der Waals surface area contributed by atoms with Gasteiger partial charge in [-0.2, -0.15) is 5.26 Å². The van der Waals surface area contributed by atoms with Gasteiger partial charge in [0.15, 0.2) is 0 Å². The Kier molecular flexibility index (Phi) is 3.47. The fraction of sp³-hybridized carbons (Fsp3) is 0.533. The molecule has 0 aliphatic carbocycles. The number of nitrogen functional groups attached to an aromatic ring is 1. The molecule has 96 valence electrons. The molecule has 2 N–H and O–H groups in total. The SMILES string of the molecule is CC1CC(C)C(C)N(c2cc(C#N)ccc2N)C1. The monoisotopic (exact) mass is 243 g/mol. The van der Waals surface area contributed by atoms with Crippen LogP contribution in [0.25, 0.3) is 0 Å². The molecule has 2 rings (SSSR count). The molecule has 0 radical (unpaired) electrons. The lowest BCUT2D eigenvalue weighted by Gasteiger charge is -2.43. The van der Waals surface area contributed by atoms with Crippen LogP contribution in [0.3, 0.4) is 0 Å². The molecule has 0 saturated carbocycles. The van der Waals surface area contributed by atoms with Crippen molar-refractivity contribution in [3.05, 3.63) is 23.8 Å². The van der Waals surface area contributed by atoms with Crippen LogP contribution < -0.4 is 10.6 Å². The van der Waals surface area contributed by atoms with E-state index in [4.69, 9.17) is 11.0 Å². The maximum absolute atomic E-state index is 9.01. The van der Waals surface area contributed by atoms with Gasteiger partial charge in [0.2, 0.25) is 0 Å². The van der Waals surface area contributed by atoms with Crippen molar-refractivity contribution in [1.82, 2.24) is 0 Å². The minimum absolute atomic E-state index is 0.470. The molecule has 18 heavy (non-hydrogen) atoms. The first-order valence-corrected chi connectivity index (χ1v) is 6.59. The highest BCUT2D eigenvalue weighted by Crippen LogP contribution is 2.34. The van der Waals surface area contributed by atoms with Crippen molar-refractivity contribution in [2.75, 3.05) is 17.2 Å². The third-order valence-corrected chi connectivity index (χ3v) is 4.07. The summed E-state index contributed by atoms with van der Waals surface area (Å²) in [6.07, 6.45) is 1.26. The van der Waals surface area contributed by atoms with Crippen molar-refractivity contribution in [3.63, 3.8) is 0 Å². The lowest BCUT2D eigenvalue weighted by Crippen LogP contribution is -2.46. The Labute approximate surface area is 109 Å². The lowest BCUT2D eigenvalue weighted by atomic mass is 9.85. The molecule has 3 unspecified atom stereocenters. The summed E-state index contributed by atoms with van der Waals surface area (Å²) in [4.78, 5) is 2.36. The second kappa shape index (κ2) is 4.89. The van der Waals surface area contributed by atoms with Crippen molar-refractivity contribution < 1.29 is 0 Å². The van der Waals surface area contributed by atoms with E-state index in [0.717, 1.165) is 17.9 Å². The minimum atomic E-state index is 0.470. The van der Waals surface area contributed by atoms with Gasteiger partial charge in [-0.15, -0.1) is 0 Å². The molecule has 0 aromatic heterocycles. The summed E-state index contributed by atoms with van der Waals surface area (Å²) in [7, 11) is 0. The number of hydrogen-bond donors (Lipinski definition) is 1. The number of nitrogens with zero attached hydrogens (tertiary/aromatic N) is 2. The summed E-state index contributed by atoms with van der Waals surface area (Å²) in [5.74, 6) is 1.32. The zero-order chi connectivity index (χ0) is 13.3. The molecular weight excluding hydrogens is 222 g/mol. The molecule has 3 nitrogen and oxygen atoms in total. The van der Waals surface area contributed by atoms with Gasteiger partial charge < -0.3 is 10.6 Å². The van der Waals surface area contributed by atoms with Gasteiger partial charge in [-0.1, -0.05) is 13.8 Å². The lowest BCUT2D eigenvalue weighted by molar-refractivity contribution is 0.297. The van der Waals surface area contributed by atoms with Crippen molar-refractivity contribution in [2.45, 2.75) is 33.2 Å². The molecule has 3 heteroatoms. The highest BCUT2D eigenvalue weighted by Gasteiger charge is 2.29. The third-order valence-electron chi connectivity index (χ3n) is 4.07. The van der Waals surface area contributed by atoms with E-state index in [1.54, 1.807) is 6.07 Å². The Morgan fingerprint density at radius 2 is 2.06 bits per heavy atom. The Balaban J connectivity index is 2.38. The molecule has 0 amide bonds.